The van der Waals surface area contributed by atoms with Gasteiger partial charge in [-0.25, -0.2) is 14.3 Å². The number of aromatic carboxylic acids is 1. The average molecular weight is 274 g/mol. The maximum absolute atomic E-state index is 11.9. The van der Waals surface area contributed by atoms with Crippen molar-refractivity contribution >= 4 is 11.9 Å². The molecule has 1 N–H and O–H groups in total. The van der Waals surface area contributed by atoms with Gasteiger partial charge in [-0.15, -0.1) is 0 Å². The van der Waals surface area contributed by atoms with Gasteiger partial charge in [-0.2, -0.15) is 5.10 Å². The molecule has 0 radical (unpaired) electrons. The first-order valence-corrected chi connectivity index (χ1v) is 6.10. The zero-order valence-electron chi connectivity index (χ0n) is 11.2. The number of benzene rings is 1. The Morgan fingerprint density at radius 1 is 1.35 bits per heavy atom. The number of hydrogen-bond acceptors (Lipinski definition) is 4. The number of carbonyl (C=O) groups is 2. The molecule has 1 aromatic heterocycles. The molecule has 0 aliphatic rings. The van der Waals surface area contributed by atoms with E-state index in [1.165, 1.54) is 16.8 Å². The number of aromatic nitrogens is 2. The van der Waals surface area contributed by atoms with Crippen molar-refractivity contribution in [3.63, 3.8) is 0 Å². The number of rotatable bonds is 4. The number of carboxylic acids is 1. The zero-order valence-corrected chi connectivity index (χ0v) is 11.2. The van der Waals surface area contributed by atoms with Gasteiger partial charge < -0.3 is 9.84 Å². The monoisotopic (exact) mass is 274 g/mol. The zero-order chi connectivity index (χ0) is 14.7. The first-order valence-electron chi connectivity index (χ1n) is 6.10. The Bertz CT molecular complexity index is 661. The molecule has 0 aliphatic heterocycles. The van der Waals surface area contributed by atoms with Crippen molar-refractivity contribution in [1.29, 1.82) is 0 Å². The molecule has 20 heavy (non-hydrogen) atoms. The first kappa shape index (κ1) is 13.8. The van der Waals surface area contributed by atoms with Crippen LogP contribution >= 0.6 is 0 Å². The molecule has 6 heteroatoms. The van der Waals surface area contributed by atoms with Crippen molar-refractivity contribution in [2.45, 2.75) is 13.8 Å². The molecule has 0 amide bonds. The van der Waals surface area contributed by atoms with E-state index in [2.05, 4.69) is 5.10 Å². The third-order valence-corrected chi connectivity index (χ3v) is 2.65. The first-order chi connectivity index (χ1) is 9.52. The Kier molecular flexibility index (Phi) is 3.84. The highest BCUT2D eigenvalue weighted by molar-refractivity contribution is 5.90. The third kappa shape index (κ3) is 2.69. The standard InChI is InChI=1S/C14H14N2O4/c1-3-20-14(19)12-7-9(2)15-16(12)11-6-4-5-10(8-11)13(17)18/h4-8H,3H2,1-2H3,(H,17,18). The summed E-state index contributed by atoms with van der Waals surface area (Å²) in [7, 11) is 0. The van der Waals surface area contributed by atoms with Crippen molar-refractivity contribution in [3.8, 4) is 5.69 Å². The van der Waals surface area contributed by atoms with E-state index in [1.807, 2.05) is 0 Å². The summed E-state index contributed by atoms with van der Waals surface area (Å²) in [5, 5.41) is 13.2. The van der Waals surface area contributed by atoms with Crippen LogP contribution in [0.2, 0.25) is 0 Å². The molecule has 0 spiro atoms. The van der Waals surface area contributed by atoms with Crippen LogP contribution in [0, 0.1) is 6.92 Å². The largest absolute Gasteiger partial charge is 0.478 e. The number of aryl methyl sites for hydroxylation is 1. The number of hydrogen-bond donors (Lipinski definition) is 1. The van der Waals surface area contributed by atoms with Crippen LogP contribution in [-0.4, -0.2) is 33.4 Å². The number of nitrogens with zero attached hydrogens (tertiary/aromatic N) is 2. The molecular weight excluding hydrogens is 260 g/mol. The molecule has 0 bridgehead atoms. The lowest BCUT2D eigenvalue weighted by Gasteiger charge is -2.07. The van der Waals surface area contributed by atoms with Gasteiger partial charge >= 0.3 is 11.9 Å². The summed E-state index contributed by atoms with van der Waals surface area (Å²) in [6.45, 7) is 3.73. The predicted octanol–water partition coefficient (Wildman–Crippen LogP) is 2.06. The summed E-state index contributed by atoms with van der Waals surface area (Å²) in [6, 6.07) is 7.82. The van der Waals surface area contributed by atoms with E-state index in [0.717, 1.165) is 0 Å². The molecule has 0 saturated heterocycles. The number of ether oxygens (including phenoxy) is 1. The minimum absolute atomic E-state index is 0.130. The minimum Gasteiger partial charge on any atom is -0.478 e. The lowest BCUT2D eigenvalue weighted by Crippen LogP contribution is -2.12. The third-order valence-electron chi connectivity index (χ3n) is 2.65. The Balaban J connectivity index is 2.49. The van der Waals surface area contributed by atoms with E-state index in [-0.39, 0.29) is 17.9 Å². The van der Waals surface area contributed by atoms with Crippen LogP contribution in [-0.2, 0) is 4.74 Å². The molecule has 0 unspecified atom stereocenters. The van der Waals surface area contributed by atoms with Crippen LogP contribution in [0.4, 0.5) is 0 Å². The Morgan fingerprint density at radius 2 is 2.10 bits per heavy atom. The van der Waals surface area contributed by atoms with Gasteiger partial charge in [0.05, 0.1) is 23.6 Å². The second-order valence-electron chi connectivity index (χ2n) is 4.16. The van der Waals surface area contributed by atoms with Crippen molar-refractivity contribution in [2.24, 2.45) is 0 Å². The van der Waals surface area contributed by atoms with Crippen LogP contribution < -0.4 is 0 Å². The van der Waals surface area contributed by atoms with Gasteiger partial charge in [0.1, 0.15) is 0 Å². The van der Waals surface area contributed by atoms with E-state index in [1.54, 1.807) is 32.0 Å². The van der Waals surface area contributed by atoms with E-state index in [4.69, 9.17) is 9.84 Å². The summed E-state index contributed by atoms with van der Waals surface area (Å²) >= 11 is 0. The van der Waals surface area contributed by atoms with Gasteiger partial charge in [0.15, 0.2) is 5.69 Å². The predicted molar refractivity (Wildman–Crippen MR) is 71.2 cm³/mol. The van der Waals surface area contributed by atoms with Crippen molar-refractivity contribution < 1.29 is 19.4 Å². The Hall–Kier alpha value is -2.63. The maximum atomic E-state index is 11.9. The van der Waals surface area contributed by atoms with Crippen molar-refractivity contribution in [1.82, 2.24) is 9.78 Å². The SMILES string of the molecule is CCOC(=O)c1cc(C)nn1-c1cccc(C(=O)O)c1. The fraction of sp³-hybridized carbons (Fsp3) is 0.214. The van der Waals surface area contributed by atoms with E-state index in [0.29, 0.717) is 11.4 Å². The molecule has 0 aliphatic carbocycles. The molecule has 0 atom stereocenters. The number of carboxylic acid groups (broad SMARTS) is 1. The van der Waals surface area contributed by atoms with Gasteiger partial charge in [-0.1, -0.05) is 6.07 Å². The molecule has 2 rings (SSSR count). The maximum Gasteiger partial charge on any atom is 0.357 e. The van der Waals surface area contributed by atoms with Crippen LogP contribution in [0.5, 0.6) is 0 Å². The van der Waals surface area contributed by atoms with Gasteiger partial charge in [-0.3, -0.25) is 0 Å². The minimum atomic E-state index is -1.03. The fourth-order valence-corrected chi connectivity index (χ4v) is 1.82. The van der Waals surface area contributed by atoms with E-state index >= 15 is 0 Å². The fourth-order valence-electron chi connectivity index (χ4n) is 1.82. The lowest BCUT2D eigenvalue weighted by atomic mass is 10.2. The highest BCUT2D eigenvalue weighted by Crippen LogP contribution is 2.15. The van der Waals surface area contributed by atoms with Crippen LogP contribution in [0.25, 0.3) is 5.69 Å². The summed E-state index contributed by atoms with van der Waals surface area (Å²) < 4.78 is 6.35. The normalized spacial score (nSPS) is 10.3. The van der Waals surface area contributed by atoms with Crippen LogP contribution in [0.1, 0.15) is 33.5 Å². The quantitative estimate of drug-likeness (QED) is 0.863. The topological polar surface area (TPSA) is 81.4 Å². The Morgan fingerprint density at radius 3 is 2.75 bits per heavy atom. The van der Waals surface area contributed by atoms with Gasteiger partial charge in [0, 0.05) is 0 Å². The molecule has 0 fully saturated rings. The highest BCUT2D eigenvalue weighted by Gasteiger charge is 2.17. The second-order valence-corrected chi connectivity index (χ2v) is 4.16. The summed E-state index contributed by atoms with van der Waals surface area (Å²) in [5.74, 6) is -1.53. The smallest absolute Gasteiger partial charge is 0.357 e. The molecule has 104 valence electrons. The Labute approximate surface area is 115 Å². The molecule has 0 saturated carbocycles. The summed E-state index contributed by atoms with van der Waals surface area (Å²) in [6.07, 6.45) is 0. The van der Waals surface area contributed by atoms with Crippen molar-refractivity contribution in [3.05, 3.63) is 47.3 Å². The number of esters is 1. The average Bonchev–Trinajstić information content (AvgIpc) is 2.81. The summed E-state index contributed by atoms with van der Waals surface area (Å²) in [4.78, 5) is 22.9. The summed E-state index contributed by atoms with van der Waals surface area (Å²) in [5.41, 5.74) is 1.55. The van der Waals surface area contributed by atoms with Gasteiger partial charge in [0.2, 0.25) is 0 Å². The highest BCUT2D eigenvalue weighted by atomic mass is 16.5. The van der Waals surface area contributed by atoms with Gasteiger partial charge in [-0.05, 0) is 38.1 Å². The lowest BCUT2D eigenvalue weighted by molar-refractivity contribution is 0.0515. The van der Waals surface area contributed by atoms with Crippen LogP contribution in [0.3, 0.4) is 0 Å². The van der Waals surface area contributed by atoms with Crippen LogP contribution in [0.15, 0.2) is 30.3 Å². The molecule has 1 heterocycles. The molecule has 2 aromatic rings. The van der Waals surface area contributed by atoms with E-state index in [9.17, 15) is 9.59 Å². The van der Waals surface area contributed by atoms with Crippen molar-refractivity contribution in [2.75, 3.05) is 6.61 Å². The molecule has 1 aromatic carbocycles. The molecule has 6 nitrogen and oxygen atoms in total. The second kappa shape index (κ2) is 5.56. The molecular formula is C14H14N2O4. The number of carbonyl (C=O) groups excluding carboxylic acids is 1. The van der Waals surface area contributed by atoms with Gasteiger partial charge in [0.25, 0.3) is 0 Å². The van der Waals surface area contributed by atoms with E-state index < -0.39 is 11.9 Å².